The van der Waals surface area contributed by atoms with Crippen LogP contribution in [0, 0.1) is 0 Å². The molecule has 4 nitrogen and oxygen atoms in total. The summed E-state index contributed by atoms with van der Waals surface area (Å²) < 4.78 is 8.79. The van der Waals surface area contributed by atoms with Crippen molar-refractivity contribution in [1.82, 2.24) is 4.98 Å². The van der Waals surface area contributed by atoms with E-state index in [-0.39, 0.29) is 0 Å². The minimum atomic E-state index is 0.375. The van der Waals surface area contributed by atoms with Crippen molar-refractivity contribution >= 4 is 22.4 Å². The number of carbonyl (C=O) groups excluding carboxylic acids is 1. The van der Waals surface area contributed by atoms with Gasteiger partial charge >= 0.3 is 0 Å². The smallest absolute Gasteiger partial charge is 0.292 e. The summed E-state index contributed by atoms with van der Waals surface area (Å²) in [6.07, 6.45) is 0. The summed E-state index contributed by atoms with van der Waals surface area (Å²) in [5, 5.41) is 0.768. The first-order chi connectivity index (χ1) is 6.78. The maximum Gasteiger partial charge on any atom is 0.292 e. The molecule has 0 fully saturated rings. The van der Waals surface area contributed by atoms with Crippen LogP contribution in [0.4, 0.5) is 0 Å². The zero-order chi connectivity index (χ0) is 10.8. The number of pyridine rings is 1. The molecule has 1 aromatic heterocycles. The topological polar surface area (TPSA) is 48.4 Å². The van der Waals surface area contributed by atoms with Crippen LogP contribution in [0.5, 0.6) is 5.88 Å². The van der Waals surface area contributed by atoms with Gasteiger partial charge in [-0.05, 0) is 6.07 Å². The van der Waals surface area contributed by atoms with Crippen LogP contribution in [-0.2, 0) is 14.9 Å². The highest BCUT2D eigenvalue weighted by Gasteiger charge is 1.92. The SMILES string of the molecule is COC=O.COc1cccc(CBr)n1. The molecule has 0 amide bonds. The Balaban J connectivity index is 0.000000364. The number of nitrogens with zero attached hydrogens (tertiary/aromatic N) is 1. The van der Waals surface area contributed by atoms with Gasteiger partial charge in [0, 0.05) is 11.4 Å². The summed E-state index contributed by atoms with van der Waals surface area (Å²) in [6, 6.07) is 5.69. The standard InChI is InChI=1S/C7H8BrNO.C2H4O2/c1-10-7-4-2-3-6(5-8)9-7;1-4-2-3/h2-4H,5H2,1H3;2H,1H3. The van der Waals surface area contributed by atoms with Crippen molar-refractivity contribution in [3.05, 3.63) is 23.9 Å². The Bertz CT molecular complexity index is 249. The number of ether oxygens (including phenoxy) is 2. The second kappa shape index (κ2) is 8.50. The fourth-order valence-electron chi connectivity index (χ4n) is 0.646. The lowest BCUT2D eigenvalue weighted by Crippen LogP contribution is -1.89. The molecule has 0 aliphatic carbocycles. The zero-order valence-corrected chi connectivity index (χ0v) is 9.65. The summed E-state index contributed by atoms with van der Waals surface area (Å²) in [5.74, 6) is 0.664. The minimum Gasteiger partial charge on any atom is -0.481 e. The average molecular weight is 262 g/mol. The van der Waals surface area contributed by atoms with Crippen LogP contribution < -0.4 is 4.74 Å². The highest BCUT2D eigenvalue weighted by molar-refractivity contribution is 9.08. The molecule has 14 heavy (non-hydrogen) atoms. The summed E-state index contributed by atoms with van der Waals surface area (Å²) in [5.41, 5.74) is 0.986. The quantitative estimate of drug-likeness (QED) is 0.615. The van der Waals surface area contributed by atoms with Gasteiger partial charge < -0.3 is 9.47 Å². The Morgan fingerprint density at radius 2 is 2.14 bits per heavy atom. The van der Waals surface area contributed by atoms with Crippen LogP contribution in [-0.4, -0.2) is 25.7 Å². The molecular formula is C9H12BrNO3. The number of halogens is 1. The monoisotopic (exact) mass is 261 g/mol. The van der Waals surface area contributed by atoms with Crippen LogP contribution in [0.3, 0.4) is 0 Å². The molecule has 0 saturated carbocycles. The van der Waals surface area contributed by atoms with Gasteiger partial charge in [-0.25, -0.2) is 4.98 Å². The lowest BCUT2D eigenvalue weighted by molar-refractivity contribution is -0.126. The van der Waals surface area contributed by atoms with Gasteiger partial charge in [0.1, 0.15) is 0 Å². The predicted molar refractivity (Wildman–Crippen MR) is 56.5 cm³/mol. The third-order valence-corrected chi connectivity index (χ3v) is 1.80. The lowest BCUT2D eigenvalue weighted by Gasteiger charge is -1.98. The van der Waals surface area contributed by atoms with Crippen LogP contribution in [0.2, 0.25) is 0 Å². The van der Waals surface area contributed by atoms with Crippen molar-refractivity contribution in [2.75, 3.05) is 14.2 Å². The van der Waals surface area contributed by atoms with E-state index in [1.807, 2.05) is 18.2 Å². The summed E-state index contributed by atoms with van der Waals surface area (Å²) in [6.45, 7) is 0.375. The van der Waals surface area contributed by atoms with E-state index in [1.165, 1.54) is 7.11 Å². The van der Waals surface area contributed by atoms with Crippen molar-refractivity contribution in [1.29, 1.82) is 0 Å². The van der Waals surface area contributed by atoms with E-state index < -0.39 is 0 Å². The molecule has 0 aliphatic rings. The normalized spacial score (nSPS) is 8.21. The van der Waals surface area contributed by atoms with E-state index in [0.717, 1.165) is 11.0 Å². The van der Waals surface area contributed by atoms with E-state index in [4.69, 9.17) is 9.53 Å². The summed E-state index contributed by atoms with van der Waals surface area (Å²) in [4.78, 5) is 13.1. The van der Waals surface area contributed by atoms with E-state index in [2.05, 4.69) is 25.7 Å². The van der Waals surface area contributed by atoms with Gasteiger partial charge in [0.05, 0.1) is 19.9 Å². The second-order valence-electron chi connectivity index (χ2n) is 2.14. The molecule has 5 heteroatoms. The van der Waals surface area contributed by atoms with Gasteiger partial charge in [0.2, 0.25) is 5.88 Å². The van der Waals surface area contributed by atoms with Gasteiger partial charge in [-0.3, -0.25) is 4.79 Å². The van der Waals surface area contributed by atoms with Crippen molar-refractivity contribution in [3.63, 3.8) is 0 Å². The molecule has 0 aliphatic heterocycles. The molecule has 1 aromatic rings. The van der Waals surface area contributed by atoms with E-state index in [0.29, 0.717) is 12.4 Å². The number of rotatable bonds is 3. The van der Waals surface area contributed by atoms with Gasteiger partial charge in [0.25, 0.3) is 6.47 Å². The molecule has 0 aromatic carbocycles. The molecule has 78 valence electrons. The fraction of sp³-hybridized carbons (Fsp3) is 0.333. The Hall–Kier alpha value is -1.10. The van der Waals surface area contributed by atoms with Gasteiger partial charge in [-0.1, -0.05) is 22.0 Å². The first-order valence-electron chi connectivity index (χ1n) is 3.80. The number of methoxy groups -OCH3 is 2. The second-order valence-corrected chi connectivity index (χ2v) is 2.70. The largest absolute Gasteiger partial charge is 0.481 e. The third kappa shape index (κ3) is 5.53. The minimum absolute atomic E-state index is 0.375. The highest BCUT2D eigenvalue weighted by atomic mass is 79.9. The first-order valence-corrected chi connectivity index (χ1v) is 4.93. The van der Waals surface area contributed by atoms with E-state index in [1.54, 1.807) is 7.11 Å². The average Bonchev–Trinajstić information content (AvgIpc) is 2.29. The molecule has 1 rings (SSSR count). The maximum absolute atomic E-state index is 8.95. The fourth-order valence-corrected chi connectivity index (χ4v) is 0.958. The number of alkyl halides is 1. The molecule has 1 heterocycles. The molecule has 0 atom stereocenters. The molecule has 0 unspecified atom stereocenters. The molecular weight excluding hydrogens is 250 g/mol. The van der Waals surface area contributed by atoms with Crippen molar-refractivity contribution < 1.29 is 14.3 Å². The summed E-state index contributed by atoms with van der Waals surface area (Å²) >= 11 is 3.30. The van der Waals surface area contributed by atoms with Gasteiger partial charge in [0.15, 0.2) is 0 Å². The Morgan fingerprint density at radius 1 is 1.50 bits per heavy atom. The molecule has 0 bridgehead atoms. The van der Waals surface area contributed by atoms with Crippen LogP contribution in [0.1, 0.15) is 5.69 Å². The summed E-state index contributed by atoms with van der Waals surface area (Å²) in [7, 11) is 2.92. The van der Waals surface area contributed by atoms with Gasteiger partial charge in [-0.2, -0.15) is 0 Å². The Morgan fingerprint density at radius 3 is 2.57 bits per heavy atom. The number of hydrogen-bond acceptors (Lipinski definition) is 4. The number of carbonyl (C=O) groups is 1. The van der Waals surface area contributed by atoms with Crippen molar-refractivity contribution in [3.8, 4) is 5.88 Å². The highest BCUT2D eigenvalue weighted by Crippen LogP contribution is 2.08. The molecule has 0 radical (unpaired) electrons. The lowest BCUT2D eigenvalue weighted by atomic mass is 10.4. The Labute approximate surface area is 91.4 Å². The van der Waals surface area contributed by atoms with Crippen molar-refractivity contribution in [2.45, 2.75) is 5.33 Å². The van der Waals surface area contributed by atoms with E-state index >= 15 is 0 Å². The molecule has 0 spiro atoms. The molecule has 0 N–H and O–H groups in total. The van der Waals surface area contributed by atoms with Crippen LogP contribution in [0.15, 0.2) is 18.2 Å². The van der Waals surface area contributed by atoms with Gasteiger partial charge in [-0.15, -0.1) is 0 Å². The first kappa shape index (κ1) is 12.9. The predicted octanol–water partition coefficient (Wildman–Crippen LogP) is 1.77. The zero-order valence-electron chi connectivity index (χ0n) is 8.07. The van der Waals surface area contributed by atoms with Crippen LogP contribution >= 0.6 is 15.9 Å². The third-order valence-electron chi connectivity index (χ3n) is 1.22. The molecule has 0 saturated heterocycles. The van der Waals surface area contributed by atoms with Crippen molar-refractivity contribution in [2.24, 2.45) is 0 Å². The van der Waals surface area contributed by atoms with Crippen LogP contribution in [0.25, 0.3) is 0 Å². The van der Waals surface area contributed by atoms with E-state index in [9.17, 15) is 0 Å². The Kier molecular flexibility index (Phi) is 7.83. The maximum atomic E-state index is 8.95. The number of hydrogen-bond donors (Lipinski definition) is 0. The number of aromatic nitrogens is 1.